The third-order valence-electron chi connectivity index (χ3n) is 1.72. The fourth-order valence-corrected chi connectivity index (χ4v) is 1.04. The van der Waals surface area contributed by atoms with Crippen molar-refractivity contribution in [2.75, 3.05) is 7.11 Å². The maximum atomic E-state index is 12.8. The van der Waals surface area contributed by atoms with Gasteiger partial charge in [0.05, 0.1) is 12.7 Å². The van der Waals surface area contributed by atoms with Gasteiger partial charge in [0.15, 0.2) is 0 Å². The molecule has 0 amide bonds. The molecule has 82 valence electrons. The highest BCUT2D eigenvalue weighted by Crippen LogP contribution is 2.12. The average Bonchev–Trinajstić information content (AvgIpc) is 2.14. The minimum Gasteiger partial charge on any atom is -0.465 e. The molecule has 0 aliphatic carbocycles. The summed E-state index contributed by atoms with van der Waals surface area (Å²) in [5.41, 5.74) is -1.61. The van der Waals surface area contributed by atoms with Gasteiger partial charge in [-0.25, -0.2) is 9.18 Å². The molecule has 0 atom stereocenters. The molecule has 0 spiro atoms. The number of esters is 1. The van der Waals surface area contributed by atoms with E-state index in [1.165, 1.54) is 0 Å². The lowest BCUT2D eigenvalue weighted by Crippen LogP contribution is -2.35. The summed E-state index contributed by atoms with van der Waals surface area (Å²) in [4.78, 5) is 10.9. The molecule has 7 heteroatoms. The number of benzene rings is 1. The Hall–Kier alpha value is -1.53. The summed E-state index contributed by atoms with van der Waals surface area (Å²) in [7, 11) is 1.01. The molecule has 0 unspecified atom stereocenters. The highest BCUT2D eigenvalue weighted by atomic mass is 19.4. The lowest BCUT2D eigenvalue weighted by molar-refractivity contribution is 0.0600. The summed E-state index contributed by atoms with van der Waals surface area (Å²) in [5, 5.41) is 0. The van der Waals surface area contributed by atoms with Crippen molar-refractivity contribution in [3.8, 4) is 0 Å². The first-order valence-corrected chi connectivity index (χ1v) is 3.93. The molecular formula is C8H6BF4O2-. The second-order valence-electron chi connectivity index (χ2n) is 2.84. The van der Waals surface area contributed by atoms with E-state index in [1.54, 1.807) is 0 Å². The van der Waals surface area contributed by atoms with Crippen LogP contribution in [0.4, 0.5) is 17.3 Å². The first kappa shape index (κ1) is 11.5. The Morgan fingerprint density at radius 2 is 1.87 bits per heavy atom. The van der Waals surface area contributed by atoms with E-state index in [1.807, 2.05) is 0 Å². The van der Waals surface area contributed by atoms with Crippen molar-refractivity contribution in [3.05, 3.63) is 29.6 Å². The van der Waals surface area contributed by atoms with Crippen molar-refractivity contribution in [1.82, 2.24) is 0 Å². The van der Waals surface area contributed by atoms with Crippen LogP contribution >= 0.6 is 0 Å². The molecular weight excluding hydrogens is 215 g/mol. The Balaban J connectivity index is 3.23. The van der Waals surface area contributed by atoms with Gasteiger partial charge in [-0.3, -0.25) is 0 Å². The third-order valence-corrected chi connectivity index (χ3v) is 1.72. The minimum atomic E-state index is -5.33. The van der Waals surface area contributed by atoms with Crippen LogP contribution in [0.2, 0.25) is 0 Å². The number of hydrogen-bond donors (Lipinski definition) is 0. The summed E-state index contributed by atoms with van der Waals surface area (Å²) in [6.07, 6.45) is 0. The van der Waals surface area contributed by atoms with E-state index in [4.69, 9.17) is 0 Å². The Morgan fingerprint density at radius 3 is 2.33 bits per heavy atom. The molecule has 0 N–H and O–H groups in total. The highest BCUT2D eigenvalue weighted by Gasteiger charge is 2.27. The van der Waals surface area contributed by atoms with Crippen LogP contribution in [0.1, 0.15) is 10.4 Å². The zero-order valence-electron chi connectivity index (χ0n) is 7.64. The average molecular weight is 221 g/mol. The molecule has 0 aliphatic rings. The van der Waals surface area contributed by atoms with Gasteiger partial charge in [0.1, 0.15) is 5.82 Å². The van der Waals surface area contributed by atoms with Crippen LogP contribution in [-0.2, 0) is 4.74 Å². The lowest BCUT2D eigenvalue weighted by Gasteiger charge is -2.15. The number of rotatable bonds is 2. The summed E-state index contributed by atoms with van der Waals surface area (Å²) < 4.78 is 53.7. The second-order valence-corrected chi connectivity index (χ2v) is 2.84. The molecule has 0 bridgehead atoms. The van der Waals surface area contributed by atoms with E-state index < -0.39 is 29.8 Å². The largest absolute Gasteiger partial charge is 0.509 e. The van der Waals surface area contributed by atoms with E-state index in [0.29, 0.717) is 18.2 Å². The third kappa shape index (κ3) is 2.71. The normalized spacial score (nSPS) is 11.3. The van der Waals surface area contributed by atoms with Gasteiger partial charge in [-0.15, -0.1) is 5.46 Å². The zero-order valence-corrected chi connectivity index (χ0v) is 7.64. The zero-order chi connectivity index (χ0) is 11.6. The molecule has 1 rings (SSSR count). The van der Waals surface area contributed by atoms with Crippen LogP contribution in [0.5, 0.6) is 0 Å². The van der Waals surface area contributed by atoms with Crippen molar-refractivity contribution < 1.29 is 26.9 Å². The van der Waals surface area contributed by atoms with Crippen molar-refractivity contribution in [3.63, 3.8) is 0 Å². The van der Waals surface area contributed by atoms with Crippen LogP contribution in [0.3, 0.4) is 0 Å². The Labute approximate surface area is 82.9 Å². The Kier molecular flexibility index (Phi) is 3.02. The summed E-state index contributed by atoms with van der Waals surface area (Å²) in [6.45, 7) is -5.33. The summed E-state index contributed by atoms with van der Waals surface area (Å²) in [6, 6.07) is 1.60. The van der Waals surface area contributed by atoms with Gasteiger partial charge in [0, 0.05) is 0 Å². The topological polar surface area (TPSA) is 26.3 Å². The van der Waals surface area contributed by atoms with E-state index in [-0.39, 0.29) is 0 Å². The molecule has 0 saturated heterocycles. The van der Waals surface area contributed by atoms with Gasteiger partial charge in [-0.1, -0.05) is 12.1 Å². The van der Waals surface area contributed by atoms with E-state index in [9.17, 15) is 22.1 Å². The number of carbonyl (C=O) groups is 1. The smallest absolute Gasteiger partial charge is 0.465 e. The van der Waals surface area contributed by atoms with Crippen molar-refractivity contribution in [2.24, 2.45) is 0 Å². The molecule has 0 saturated carbocycles. The van der Waals surface area contributed by atoms with Crippen LogP contribution in [0.25, 0.3) is 0 Å². The number of methoxy groups -OCH3 is 1. The van der Waals surface area contributed by atoms with Crippen LogP contribution < -0.4 is 5.46 Å². The highest BCUT2D eigenvalue weighted by molar-refractivity contribution is 6.73. The fourth-order valence-electron chi connectivity index (χ4n) is 1.04. The SMILES string of the molecule is COC(=O)c1cc(F)cc([B-](F)(F)F)c1. The molecule has 0 aliphatic heterocycles. The molecule has 0 radical (unpaired) electrons. The van der Waals surface area contributed by atoms with Gasteiger partial charge in [-0.05, 0) is 6.07 Å². The standard InChI is InChI=1S/C8H6BF4O2/c1-15-8(14)5-2-6(9(11,12)13)4-7(10)3-5/h2-4H,1H3/q-1. The van der Waals surface area contributed by atoms with Crippen LogP contribution in [0, 0.1) is 5.82 Å². The maximum absolute atomic E-state index is 12.8. The molecule has 15 heavy (non-hydrogen) atoms. The van der Waals surface area contributed by atoms with Crippen LogP contribution in [-0.4, -0.2) is 20.1 Å². The first-order chi connectivity index (χ1) is 6.84. The monoisotopic (exact) mass is 221 g/mol. The fraction of sp³-hybridized carbons (Fsp3) is 0.125. The second kappa shape index (κ2) is 3.92. The van der Waals surface area contributed by atoms with Crippen LogP contribution in [0.15, 0.2) is 18.2 Å². The first-order valence-electron chi connectivity index (χ1n) is 3.93. The molecule has 1 aromatic carbocycles. The Bertz CT molecular complexity index is 389. The van der Waals surface area contributed by atoms with Gasteiger partial charge in [0.2, 0.25) is 0 Å². The Morgan fingerprint density at radius 1 is 1.27 bits per heavy atom. The van der Waals surface area contributed by atoms with E-state index >= 15 is 0 Å². The predicted octanol–water partition coefficient (Wildman–Crippen LogP) is 1.67. The number of ether oxygens (including phenoxy) is 1. The molecule has 2 nitrogen and oxygen atoms in total. The van der Waals surface area contributed by atoms with Crippen molar-refractivity contribution in [2.45, 2.75) is 0 Å². The van der Waals surface area contributed by atoms with Crippen molar-refractivity contribution in [1.29, 1.82) is 0 Å². The van der Waals surface area contributed by atoms with Gasteiger partial charge in [0.25, 0.3) is 0 Å². The molecule has 0 heterocycles. The number of halogens is 4. The van der Waals surface area contributed by atoms with Gasteiger partial charge < -0.3 is 17.7 Å². The summed E-state index contributed by atoms with van der Waals surface area (Å²) >= 11 is 0. The molecule has 0 fully saturated rings. The quantitative estimate of drug-likeness (QED) is 0.431. The van der Waals surface area contributed by atoms with Gasteiger partial charge in [-0.2, -0.15) is 0 Å². The minimum absolute atomic E-state index is 0.340. The number of carbonyl (C=O) groups excluding carboxylic acids is 1. The molecule has 0 aromatic heterocycles. The maximum Gasteiger partial charge on any atom is 0.509 e. The predicted molar refractivity (Wildman–Crippen MR) is 46.5 cm³/mol. The summed E-state index contributed by atoms with van der Waals surface area (Å²) in [5.74, 6) is -2.12. The number of hydrogen-bond acceptors (Lipinski definition) is 2. The van der Waals surface area contributed by atoms with E-state index in [2.05, 4.69) is 4.74 Å². The van der Waals surface area contributed by atoms with Crippen molar-refractivity contribution >= 4 is 18.4 Å². The van der Waals surface area contributed by atoms with Gasteiger partial charge >= 0.3 is 12.9 Å². The lowest BCUT2D eigenvalue weighted by atomic mass is 9.79. The molecule has 1 aromatic rings. The van der Waals surface area contributed by atoms with E-state index in [0.717, 1.165) is 7.11 Å².